The Hall–Kier alpha value is -0.200. The van der Waals surface area contributed by atoms with Crippen molar-refractivity contribution in [1.82, 2.24) is 9.62 Å². The smallest absolute Gasteiger partial charge is 0.211 e. The summed E-state index contributed by atoms with van der Waals surface area (Å²) in [7, 11) is 0.461. The number of alkyl halides is 1. The Bertz CT molecular complexity index is 282. The van der Waals surface area contributed by atoms with Crippen molar-refractivity contribution < 1.29 is 12.8 Å². The largest absolute Gasteiger partial charge is 0.308 e. The second-order valence-electron chi connectivity index (χ2n) is 5.07. The molecule has 0 radical (unpaired) electrons. The fourth-order valence-corrected chi connectivity index (χ4v) is 3.01. The van der Waals surface area contributed by atoms with E-state index in [1.165, 1.54) is 0 Å². The van der Waals surface area contributed by atoms with Crippen LogP contribution in [0.2, 0.25) is 0 Å². The van der Waals surface area contributed by atoms with Crippen LogP contribution >= 0.6 is 0 Å². The summed E-state index contributed by atoms with van der Waals surface area (Å²) in [5, 5.41) is 0. The van der Waals surface area contributed by atoms with E-state index in [1.807, 2.05) is 19.0 Å². The first kappa shape index (κ1) is 16.8. The minimum atomic E-state index is -3.35. The van der Waals surface area contributed by atoms with Gasteiger partial charge in [0.15, 0.2) is 0 Å². The SMILES string of the molecule is CC(C)C[C@@H](CN(C)C)NS(=O)(=O)CCCF. The minimum absolute atomic E-state index is 0.0612. The van der Waals surface area contributed by atoms with E-state index in [-0.39, 0.29) is 18.2 Å². The van der Waals surface area contributed by atoms with Crippen molar-refractivity contribution in [2.24, 2.45) is 5.92 Å². The van der Waals surface area contributed by atoms with E-state index in [1.54, 1.807) is 0 Å². The van der Waals surface area contributed by atoms with Crippen LogP contribution in [0.25, 0.3) is 0 Å². The topological polar surface area (TPSA) is 49.4 Å². The highest BCUT2D eigenvalue weighted by Crippen LogP contribution is 2.07. The average molecular weight is 268 g/mol. The summed E-state index contributed by atoms with van der Waals surface area (Å²) in [5.41, 5.74) is 0. The fraction of sp³-hybridized carbons (Fsp3) is 1.00. The van der Waals surface area contributed by atoms with Gasteiger partial charge in [-0.05, 0) is 32.9 Å². The predicted molar refractivity (Wildman–Crippen MR) is 69.3 cm³/mol. The molecule has 0 aromatic carbocycles. The monoisotopic (exact) mass is 268 g/mol. The molecule has 0 aliphatic heterocycles. The van der Waals surface area contributed by atoms with Crippen molar-refractivity contribution in [2.45, 2.75) is 32.7 Å². The summed E-state index contributed by atoms with van der Waals surface area (Å²) in [6, 6.07) is -0.102. The standard InChI is InChI=1S/C11H25FN2O2S/c1-10(2)8-11(9-14(3)4)13-17(15,16)7-5-6-12/h10-11,13H,5-9H2,1-4H3/t11-/m0/s1. The molecule has 0 amide bonds. The van der Waals surface area contributed by atoms with Crippen molar-refractivity contribution in [3.63, 3.8) is 0 Å². The molecular weight excluding hydrogens is 243 g/mol. The molecule has 0 aromatic rings. The summed E-state index contributed by atoms with van der Waals surface area (Å²) >= 11 is 0. The Kier molecular flexibility index (Phi) is 7.91. The molecule has 0 unspecified atom stereocenters. The van der Waals surface area contributed by atoms with Gasteiger partial charge in [0, 0.05) is 12.6 Å². The highest BCUT2D eigenvalue weighted by Gasteiger charge is 2.19. The lowest BCUT2D eigenvalue weighted by molar-refractivity contribution is 0.329. The predicted octanol–water partition coefficient (Wildman–Crippen LogP) is 1.24. The van der Waals surface area contributed by atoms with Gasteiger partial charge < -0.3 is 4.90 Å². The third-order valence-electron chi connectivity index (χ3n) is 2.23. The Morgan fingerprint density at radius 2 is 1.88 bits per heavy atom. The molecule has 0 aliphatic rings. The molecule has 1 atom stereocenters. The summed E-state index contributed by atoms with van der Waals surface area (Å²) in [5.74, 6) is 0.287. The van der Waals surface area contributed by atoms with Gasteiger partial charge in [0.25, 0.3) is 0 Å². The van der Waals surface area contributed by atoms with E-state index in [0.717, 1.165) is 6.42 Å². The fourth-order valence-electron chi connectivity index (χ4n) is 1.73. The van der Waals surface area contributed by atoms with Crippen LogP contribution in [0.15, 0.2) is 0 Å². The first-order valence-electron chi connectivity index (χ1n) is 5.97. The summed E-state index contributed by atoms with van der Waals surface area (Å²) in [6.45, 7) is 4.17. The molecule has 0 aromatic heterocycles. The molecule has 6 heteroatoms. The first-order valence-corrected chi connectivity index (χ1v) is 7.62. The molecule has 17 heavy (non-hydrogen) atoms. The van der Waals surface area contributed by atoms with Crippen LogP contribution in [-0.2, 0) is 10.0 Å². The maximum Gasteiger partial charge on any atom is 0.211 e. The van der Waals surface area contributed by atoms with Gasteiger partial charge in [-0.1, -0.05) is 13.8 Å². The van der Waals surface area contributed by atoms with Crippen LogP contribution in [0.3, 0.4) is 0 Å². The van der Waals surface area contributed by atoms with Crippen LogP contribution < -0.4 is 4.72 Å². The van der Waals surface area contributed by atoms with Crippen LogP contribution in [0, 0.1) is 5.92 Å². The third-order valence-corrected chi connectivity index (χ3v) is 3.75. The summed E-state index contributed by atoms with van der Waals surface area (Å²) in [6.07, 6.45) is 0.846. The van der Waals surface area contributed by atoms with Gasteiger partial charge >= 0.3 is 0 Å². The lowest BCUT2D eigenvalue weighted by Gasteiger charge is -2.23. The Morgan fingerprint density at radius 1 is 1.29 bits per heavy atom. The van der Waals surface area contributed by atoms with Crippen molar-refractivity contribution in [2.75, 3.05) is 33.1 Å². The number of likely N-dealkylation sites (N-methyl/N-ethyl adjacent to an activating group) is 1. The Labute approximate surface area is 105 Å². The van der Waals surface area contributed by atoms with Crippen molar-refractivity contribution >= 4 is 10.0 Å². The maximum absolute atomic E-state index is 12.0. The van der Waals surface area contributed by atoms with Gasteiger partial charge in [-0.15, -0.1) is 0 Å². The molecule has 0 rings (SSSR count). The van der Waals surface area contributed by atoms with Gasteiger partial charge in [-0.3, -0.25) is 4.39 Å². The number of hydrogen-bond donors (Lipinski definition) is 1. The Balaban J connectivity index is 4.40. The quantitative estimate of drug-likeness (QED) is 0.684. The highest BCUT2D eigenvalue weighted by molar-refractivity contribution is 7.89. The molecule has 104 valence electrons. The van der Waals surface area contributed by atoms with Gasteiger partial charge in [-0.2, -0.15) is 0 Å². The molecule has 0 heterocycles. The minimum Gasteiger partial charge on any atom is -0.308 e. The average Bonchev–Trinajstić information content (AvgIpc) is 2.11. The molecule has 0 spiro atoms. The number of halogens is 1. The van der Waals surface area contributed by atoms with Crippen molar-refractivity contribution in [3.8, 4) is 0 Å². The normalized spacial score (nSPS) is 14.5. The van der Waals surface area contributed by atoms with E-state index in [0.29, 0.717) is 12.5 Å². The van der Waals surface area contributed by atoms with Gasteiger partial charge in [0.1, 0.15) is 0 Å². The van der Waals surface area contributed by atoms with E-state index in [2.05, 4.69) is 18.6 Å². The molecular formula is C11H25FN2O2S. The highest BCUT2D eigenvalue weighted by atomic mass is 32.2. The molecule has 0 aliphatic carbocycles. The van der Waals surface area contributed by atoms with Crippen LogP contribution in [0.1, 0.15) is 26.7 Å². The zero-order valence-corrected chi connectivity index (χ0v) is 12.1. The summed E-state index contributed by atoms with van der Waals surface area (Å²) in [4.78, 5) is 1.95. The first-order chi connectivity index (χ1) is 7.76. The number of sulfonamides is 1. The number of nitrogens with one attached hydrogen (secondary N) is 1. The van der Waals surface area contributed by atoms with Gasteiger partial charge in [0.05, 0.1) is 12.4 Å². The van der Waals surface area contributed by atoms with Gasteiger partial charge in [0.2, 0.25) is 10.0 Å². The van der Waals surface area contributed by atoms with Gasteiger partial charge in [-0.25, -0.2) is 13.1 Å². The van der Waals surface area contributed by atoms with E-state index in [9.17, 15) is 12.8 Å². The van der Waals surface area contributed by atoms with Crippen LogP contribution in [0.5, 0.6) is 0 Å². The van der Waals surface area contributed by atoms with Crippen LogP contribution in [-0.4, -0.2) is 52.4 Å². The second kappa shape index (κ2) is 8.00. The molecule has 0 bridgehead atoms. The summed E-state index contributed by atoms with van der Waals surface area (Å²) < 4.78 is 38.0. The number of nitrogens with zero attached hydrogens (tertiary/aromatic N) is 1. The van der Waals surface area contributed by atoms with Crippen LogP contribution in [0.4, 0.5) is 4.39 Å². The van der Waals surface area contributed by atoms with E-state index >= 15 is 0 Å². The van der Waals surface area contributed by atoms with Crippen molar-refractivity contribution in [1.29, 1.82) is 0 Å². The second-order valence-corrected chi connectivity index (χ2v) is 6.94. The van der Waals surface area contributed by atoms with E-state index < -0.39 is 16.7 Å². The lowest BCUT2D eigenvalue weighted by atomic mass is 10.0. The maximum atomic E-state index is 12.0. The number of hydrogen-bond acceptors (Lipinski definition) is 3. The number of rotatable bonds is 9. The molecule has 1 N–H and O–H groups in total. The lowest BCUT2D eigenvalue weighted by Crippen LogP contribution is -2.43. The Morgan fingerprint density at radius 3 is 2.29 bits per heavy atom. The molecule has 0 saturated heterocycles. The van der Waals surface area contributed by atoms with Crippen molar-refractivity contribution in [3.05, 3.63) is 0 Å². The van der Waals surface area contributed by atoms with E-state index in [4.69, 9.17) is 0 Å². The third kappa shape index (κ3) is 9.50. The molecule has 0 saturated carbocycles. The zero-order chi connectivity index (χ0) is 13.5. The molecule has 4 nitrogen and oxygen atoms in total. The molecule has 0 fully saturated rings. The zero-order valence-electron chi connectivity index (χ0n) is 11.2.